The van der Waals surface area contributed by atoms with Crippen LogP contribution in [0.1, 0.15) is 34.6 Å². The van der Waals surface area contributed by atoms with Gasteiger partial charge in [0.2, 0.25) is 0 Å². The van der Waals surface area contributed by atoms with Gasteiger partial charge in [-0.3, -0.25) is 0 Å². The number of hydrogen-bond acceptors (Lipinski definition) is 1. The summed E-state index contributed by atoms with van der Waals surface area (Å²) in [7, 11) is 0. The second kappa shape index (κ2) is 2.53. The molecule has 0 fully saturated rings. The molecule has 0 atom stereocenters. The first-order chi connectivity index (χ1) is 3.85. The third-order valence-corrected chi connectivity index (χ3v) is 1.67. The highest BCUT2D eigenvalue weighted by Gasteiger charge is 2.14. The van der Waals surface area contributed by atoms with Gasteiger partial charge >= 0.3 is 0 Å². The Bertz CT molecular complexity index is 122. The minimum atomic E-state index is -0.640. The molecule has 0 unspecified atom stereocenters. The molecule has 9 heavy (non-hydrogen) atoms. The van der Waals surface area contributed by atoms with E-state index < -0.39 is 5.60 Å². The molecular formula is C8H16O. The maximum atomic E-state index is 9.40. The second-order valence-electron chi connectivity index (χ2n) is 3.18. The highest BCUT2D eigenvalue weighted by atomic mass is 16.3. The molecule has 0 heterocycles. The minimum Gasteiger partial charge on any atom is -0.386 e. The van der Waals surface area contributed by atoms with Crippen LogP contribution in [0.15, 0.2) is 11.1 Å². The highest BCUT2D eigenvalue weighted by Crippen LogP contribution is 2.17. The maximum absolute atomic E-state index is 9.40. The predicted molar refractivity (Wildman–Crippen MR) is 40.3 cm³/mol. The molecule has 1 nitrogen and oxygen atoms in total. The van der Waals surface area contributed by atoms with Crippen molar-refractivity contribution in [2.45, 2.75) is 40.2 Å². The molecular weight excluding hydrogens is 112 g/mol. The number of aliphatic hydroxyl groups is 1. The van der Waals surface area contributed by atoms with Crippen LogP contribution in [0.5, 0.6) is 0 Å². The Morgan fingerprint density at radius 1 is 1.11 bits per heavy atom. The smallest absolute Gasteiger partial charge is 0.0800 e. The van der Waals surface area contributed by atoms with E-state index in [1.165, 1.54) is 5.57 Å². The quantitative estimate of drug-likeness (QED) is 0.536. The third kappa shape index (κ3) is 2.66. The average Bonchev–Trinajstić information content (AvgIpc) is 1.62. The Morgan fingerprint density at radius 2 is 1.44 bits per heavy atom. The van der Waals surface area contributed by atoms with Crippen LogP contribution in [0.25, 0.3) is 0 Å². The normalized spacial score (nSPS) is 11.3. The number of hydrogen-bond donors (Lipinski definition) is 1. The molecule has 0 aromatic heterocycles. The maximum Gasteiger partial charge on any atom is 0.0800 e. The summed E-state index contributed by atoms with van der Waals surface area (Å²) >= 11 is 0. The lowest BCUT2D eigenvalue weighted by molar-refractivity contribution is 0.119. The molecule has 1 N–H and O–H groups in total. The Morgan fingerprint density at radius 3 is 1.44 bits per heavy atom. The molecule has 0 aromatic carbocycles. The predicted octanol–water partition coefficient (Wildman–Crippen LogP) is 2.11. The third-order valence-electron chi connectivity index (χ3n) is 1.67. The van der Waals surface area contributed by atoms with Crippen molar-refractivity contribution in [3.8, 4) is 0 Å². The van der Waals surface area contributed by atoms with Gasteiger partial charge in [0, 0.05) is 0 Å². The van der Waals surface area contributed by atoms with E-state index in [0.29, 0.717) is 0 Å². The van der Waals surface area contributed by atoms with Gasteiger partial charge < -0.3 is 5.11 Å². The van der Waals surface area contributed by atoms with Crippen molar-refractivity contribution in [1.82, 2.24) is 0 Å². The van der Waals surface area contributed by atoms with Crippen LogP contribution in [0.3, 0.4) is 0 Å². The van der Waals surface area contributed by atoms with Crippen molar-refractivity contribution >= 4 is 0 Å². The van der Waals surface area contributed by atoms with Gasteiger partial charge in [-0.2, -0.15) is 0 Å². The van der Waals surface area contributed by atoms with E-state index in [-0.39, 0.29) is 0 Å². The summed E-state index contributed by atoms with van der Waals surface area (Å²) in [6.45, 7) is 9.57. The Balaban J connectivity index is 4.40. The first-order valence-electron chi connectivity index (χ1n) is 3.22. The van der Waals surface area contributed by atoms with Crippen LogP contribution in [0.4, 0.5) is 0 Å². The van der Waals surface area contributed by atoms with Crippen molar-refractivity contribution in [3.63, 3.8) is 0 Å². The fourth-order valence-corrected chi connectivity index (χ4v) is 0.612. The molecule has 0 amide bonds. The van der Waals surface area contributed by atoms with Crippen molar-refractivity contribution in [2.75, 3.05) is 0 Å². The van der Waals surface area contributed by atoms with Crippen LogP contribution in [0.2, 0.25) is 0 Å². The number of rotatable bonds is 1. The van der Waals surface area contributed by atoms with Gasteiger partial charge in [-0.15, -0.1) is 0 Å². The molecule has 0 bridgehead atoms. The molecule has 1 heteroatoms. The largest absolute Gasteiger partial charge is 0.386 e. The highest BCUT2D eigenvalue weighted by molar-refractivity contribution is 5.16. The summed E-state index contributed by atoms with van der Waals surface area (Å²) in [5, 5.41) is 9.40. The molecule has 0 aromatic rings. The standard InChI is InChI=1S/C8H16O/c1-6(2)7(3)8(4,5)9/h9H,1-5H3. The van der Waals surface area contributed by atoms with Gasteiger partial charge in [0.1, 0.15) is 0 Å². The van der Waals surface area contributed by atoms with Gasteiger partial charge in [-0.25, -0.2) is 0 Å². The van der Waals surface area contributed by atoms with Crippen molar-refractivity contribution in [3.05, 3.63) is 11.1 Å². The van der Waals surface area contributed by atoms with Crippen LogP contribution in [-0.4, -0.2) is 10.7 Å². The van der Waals surface area contributed by atoms with Crippen LogP contribution < -0.4 is 0 Å². The molecule has 0 aliphatic rings. The zero-order chi connectivity index (χ0) is 7.65. The first-order valence-corrected chi connectivity index (χ1v) is 3.22. The molecule has 0 radical (unpaired) electrons. The molecule has 0 aliphatic carbocycles. The SMILES string of the molecule is CC(C)=C(C)C(C)(C)O. The van der Waals surface area contributed by atoms with E-state index in [2.05, 4.69) is 0 Å². The minimum absolute atomic E-state index is 0.640. The fourth-order valence-electron chi connectivity index (χ4n) is 0.612. The number of allylic oxidation sites excluding steroid dienone is 1. The average molecular weight is 128 g/mol. The van der Waals surface area contributed by atoms with Gasteiger partial charge in [-0.1, -0.05) is 5.57 Å². The van der Waals surface area contributed by atoms with Crippen molar-refractivity contribution < 1.29 is 5.11 Å². The summed E-state index contributed by atoms with van der Waals surface area (Å²) in [4.78, 5) is 0. The van der Waals surface area contributed by atoms with Gasteiger partial charge in [-0.05, 0) is 40.2 Å². The summed E-state index contributed by atoms with van der Waals surface area (Å²) < 4.78 is 0. The Labute approximate surface area is 57.4 Å². The van der Waals surface area contributed by atoms with Gasteiger partial charge in [0.25, 0.3) is 0 Å². The van der Waals surface area contributed by atoms with Crippen LogP contribution >= 0.6 is 0 Å². The second-order valence-corrected chi connectivity index (χ2v) is 3.18. The summed E-state index contributed by atoms with van der Waals surface area (Å²) in [5.41, 5.74) is 1.61. The molecule has 0 aliphatic heterocycles. The van der Waals surface area contributed by atoms with E-state index in [9.17, 15) is 5.11 Å². The summed E-state index contributed by atoms with van der Waals surface area (Å²) in [5.74, 6) is 0. The fraction of sp³-hybridized carbons (Fsp3) is 0.750. The molecule has 54 valence electrons. The molecule has 0 rings (SSSR count). The molecule has 0 saturated heterocycles. The van der Waals surface area contributed by atoms with Crippen LogP contribution in [0, 0.1) is 0 Å². The summed E-state index contributed by atoms with van der Waals surface area (Å²) in [6.07, 6.45) is 0. The van der Waals surface area contributed by atoms with E-state index in [0.717, 1.165) is 5.57 Å². The van der Waals surface area contributed by atoms with Gasteiger partial charge in [0.05, 0.1) is 5.60 Å². The molecule has 0 saturated carbocycles. The lowest BCUT2D eigenvalue weighted by Gasteiger charge is -2.19. The zero-order valence-electron chi connectivity index (χ0n) is 6.95. The first kappa shape index (κ1) is 8.70. The van der Waals surface area contributed by atoms with E-state index in [4.69, 9.17) is 0 Å². The Kier molecular flexibility index (Phi) is 2.44. The topological polar surface area (TPSA) is 20.2 Å². The van der Waals surface area contributed by atoms with E-state index in [1.807, 2.05) is 20.8 Å². The lowest BCUT2D eigenvalue weighted by Crippen LogP contribution is -2.20. The van der Waals surface area contributed by atoms with Crippen LogP contribution in [-0.2, 0) is 0 Å². The van der Waals surface area contributed by atoms with Crippen molar-refractivity contribution in [1.29, 1.82) is 0 Å². The van der Waals surface area contributed by atoms with Gasteiger partial charge in [0.15, 0.2) is 0 Å². The lowest BCUT2D eigenvalue weighted by atomic mass is 9.96. The molecule has 0 spiro atoms. The van der Waals surface area contributed by atoms with E-state index in [1.54, 1.807) is 13.8 Å². The van der Waals surface area contributed by atoms with E-state index >= 15 is 0 Å². The van der Waals surface area contributed by atoms with Crippen molar-refractivity contribution in [2.24, 2.45) is 0 Å². The Hall–Kier alpha value is -0.300. The summed E-state index contributed by atoms with van der Waals surface area (Å²) in [6, 6.07) is 0. The monoisotopic (exact) mass is 128 g/mol. The zero-order valence-corrected chi connectivity index (χ0v) is 6.95.